The molecule has 0 aromatic rings. The van der Waals surface area contributed by atoms with Gasteiger partial charge in [-0.05, 0) is 5.92 Å². The zero-order valence-electron chi connectivity index (χ0n) is 7.24. The zero-order chi connectivity index (χ0) is 8.43. The lowest BCUT2D eigenvalue weighted by atomic mass is 10.0. The van der Waals surface area contributed by atoms with Crippen LogP contribution in [0.4, 0.5) is 0 Å². The summed E-state index contributed by atoms with van der Waals surface area (Å²) in [6.45, 7) is 4.99. The number of aliphatic imine (C=N–C) groups is 1. The second kappa shape index (κ2) is 3.03. The van der Waals surface area contributed by atoms with Gasteiger partial charge in [0.15, 0.2) is 0 Å². The van der Waals surface area contributed by atoms with Gasteiger partial charge >= 0.3 is 0 Å². The monoisotopic (exact) mass is 154 g/mol. The van der Waals surface area contributed by atoms with Gasteiger partial charge in [-0.3, -0.25) is 9.79 Å². The summed E-state index contributed by atoms with van der Waals surface area (Å²) < 4.78 is 0. The molecule has 0 aliphatic carbocycles. The quantitative estimate of drug-likeness (QED) is 0.543. The molecule has 1 amide bonds. The van der Waals surface area contributed by atoms with Gasteiger partial charge in [0.25, 0.3) is 5.91 Å². The molecule has 0 aromatic heterocycles. The minimum Gasteiger partial charge on any atom is -0.339 e. The fourth-order valence-electron chi connectivity index (χ4n) is 1.06. The summed E-state index contributed by atoms with van der Waals surface area (Å²) in [6.07, 6.45) is 1.42. The van der Waals surface area contributed by atoms with Crippen molar-refractivity contribution in [1.82, 2.24) is 4.90 Å². The highest BCUT2D eigenvalue weighted by molar-refractivity contribution is 6.26. The Labute approximate surface area is 67.1 Å². The maximum absolute atomic E-state index is 10.9. The van der Waals surface area contributed by atoms with Crippen LogP contribution < -0.4 is 0 Å². The van der Waals surface area contributed by atoms with Gasteiger partial charge in [0.05, 0.1) is 12.3 Å². The van der Waals surface area contributed by atoms with E-state index in [0.29, 0.717) is 5.92 Å². The van der Waals surface area contributed by atoms with Crippen molar-refractivity contribution in [3.63, 3.8) is 0 Å². The van der Waals surface area contributed by atoms with Crippen molar-refractivity contribution >= 4 is 12.1 Å². The van der Waals surface area contributed by atoms with E-state index in [1.54, 1.807) is 4.90 Å². The Kier molecular flexibility index (Phi) is 2.27. The first kappa shape index (κ1) is 8.24. The fraction of sp³-hybridized carbons (Fsp3) is 0.750. The van der Waals surface area contributed by atoms with Crippen molar-refractivity contribution in [3.8, 4) is 0 Å². The number of nitrogens with zero attached hydrogens (tertiary/aromatic N) is 2. The van der Waals surface area contributed by atoms with E-state index in [9.17, 15) is 4.79 Å². The molecule has 0 fully saturated rings. The highest BCUT2D eigenvalue weighted by Crippen LogP contribution is 2.10. The molecule has 1 heterocycles. The highest BCUT2D eigenvalue weighted by atomic mass is 16.2. The predicted octanol–water partition coefficient (Wildman–Crippen LogP) is 0.554. The van der Waals surface area contributed by atoms with Crippen LogP contribution in [0.3, 0.4) is 0 Å². The molecule has 0 spiro atoms. The molecule has 1 rings (SSSR count). The third kappa shape index (κ3) is 1.79. The second-order valence-electron chi connectivity index (χ2n) is 3.31. The van der Waals surface area contributed by atoms with Gasteiger partial charge in [-0.25, -0.2) is 0 Å². The van der Waals surface area contributed by atoms with Crippen molar-refractivity contribution in [1.29, 1.82) is 0 Å². The average molecular weight is 154 g/mol. The van der Waals surface area contributed by atoms with E-state index in [2.05, 4.69) is 18.8 Å². The zero-order valence-corrected chi connectivity index (χ0v) is 7.24. The summed E-state index contributed by atoms with van der Waals surface area (Å²) >= 11 is 0. The van der Waals surface area contributed by atoms with E-state index in [-0.39, 0.29) is 11.9 Å². The molecular weight excluding hydrogens is 140 g/mol. The maximum Gasteiger partial charge on any atom is 0.264 e. The SMILES string of the molecule is CC(C)[C@H]1CN(C)C(=O)C=N1. The van der Waals surface area contributed by atoms with Crippen molar-refractivity contribution in [2.24, 2.45) is 10.9 Å². The Bertz CT molecular complexity index is 187. The van der Waals surface area contributed by atoms with Crippen molar-refractivity contribution in [2.75, 3.05) is 13.6 Å². The van der Waals surface area contributed by atoms with Gasteiger partial charge in [-0.2, -0.15) is 0 Å². The lowest BCUT2D eigenvalue weighted by molar-refractivity contribution is -0.123. The first-order valence-electron chi connectivity index (χ1n) is 3.89. The minimum absolute atomic E-state index is 0.0156. The molecule has 0 aromatic carbocycles. The highest BCUT2D eigenvalue weighted by Gasteiger charge is 2.20. The number of carbonyl (C=O) groups is 1. The van der Waals surface area contributed by atoms with E-state index in [4.69, 9.17) is 0 Å². The van der Waals surface area contributed by atoms with Gasteiger partial charge in [0.2, 0.25) is 0 Å². The topological polar surface area (TPSA) is 32.7 Å². The van der Waals surface area contributed by atoms with Gasteiger partial charge in [0.1, 0.15) is 0 Å². The number of hydrogen-bond donors (Lipinski definition) is 0. The van der Waals surface area contributed by atoms with Crippen molar-refractivity contribution in [2.45, 2.75) is 19.9 Å². The van der Waals surface area contributed by atoms with Crippen molar-refractivity contribution < 1.29 is 4.79 Å². The number of hydrogen-bond acceptors (Lipinski definition) is 2. The van der Waals surface area contributed by atoms with Crippen LogP contribution in [0.15, 0.2) is 4.99 Å². The first-order valence-corrected chi connectivity index (χ1v) is 3.89. The van der Waals surface area contributed by atoms with Gasteiger partial charge in [-0.1, -0.05) is 13.8 Å². The predicted molar refractivity (Wildman–Crippen MR) is 44.8 cm³/mol. The smallest absolute Gasteiger partial charge is 0.264 e. The van der Waals surface area contributed by atoms with Crippen LogP contribution in [0, 0.1) is 5.92 Å². The van der Waals surface area contributed by atoms with Gasteiger partial charge in [-0.15, -0.1) is 0 Å². The molecule has 0 bridgehead atoms. The molecule has 1 aliphatic rings. The van der Waals surface area contributed by atoms with E-state index >= 15 is 0 Å². The molecule has 1 aliphatic heterocycles. The van der Waals surface area contributed by atoms with Crippen LogP contribution in [0.1, 0.15) is 13.8 Å². The largest absolute Gasteiger partial charge is 0.339 e. The molecule has 1 atom stereocenters. The van der Waals surface area contributed by atoms with Crippen LogP contribution in [0.5, 0.6) is 0 Å². The standard InChI is InChI=1S/C8H14N2O/c1-6(2)7-5-10(3)8(11)4-9-7/h4,6-7H,5H2,1-3H3/t7-/m1/s1. The first-order chi connectivity index (χ1) is 5.11. The Hall–Kier alpha value is -0.860. The normalized spacial score (nSPS) is 24.9. The van der Waals surface area contributed by atoms with Gasteiger partial charge in [0, 0.05) is 13.6 Å². The summed E-state index contributed by atoms with van der Waals surface area (Å²) in [5.41, 5.74) is 0. The lowest BCUT2D eigenvalue weighted by Gasteiger charge is -2.26. The molecule has 0 unspecified atom stereocenters. The van der Waals surface area contributed by atoms with E-state index in [0.717, 1.165) is 6.54 Å². The minimum atomic E-state index is 0.0156. The Morgan fingerprint density at radius 2 is 2.36 bits per heavy atom. The number of amides is 1. The van der Waals surface area contributed by atoms with Crippen LogP contribution in [0.25, 0.3) is 0 Å². The van der Waals surface area contributed by atoms with Gasteiger partial charge < -0.3 is 4.90 Å². The Morgan fingerprint density at radius 3 is 2.82 bits per heavy atom. The summed E-state index contributed by atoms with van der Waals surface area (Å²) in [5.74, 6) is 0.531. The summed E-state index contributed by atoms with van der Waals surface area (Å²) in [5, 5.41) is 0. The molecule has 0 saturated carbocycles. The second-order valence-corrected chi connectivity index (χ2v) is 3.31. The number of carbonyl (C=O) groups excluding carboxylic acids is 1. The molecular formula is C8H14N2O. The third-order valence-electron chi connectivity index (χ3n) is 1.98. The van der Waals surface area contributed by atoms with Crippen LogP contribution in [-0.2, 0) is 4.79 Å². The lowest BCUT2D eigenvalue weighted by Crippen LogP contribution is -2.40. The maximum atomic E-state index is 10.9. The molecule has 0 saturated heterocycles. The summed E-state index contributed by atoms with van der Waals surface area (Å²) in [7, 11) is 1.81. The molecule has 3 heteroatoms. The van der Waals surface area contributed by atoms with Crippen LogP contribution in [-0.4, -0.2) is 36.7 Å². The van der Waals surface area contributed by atoms with E-state index in [1.165, 1.54) is 6.21 Å². The van der Waals surface area contributed by atoms with Crippen molar-refractivity contribution in [3.05, 3.63) is 0 Å². The Morgan fingerprint density at radius 1 is 1.73 bits per heavy atom. The van der Waals surface area contributed by atoms with E-state index < -0.39 is 0 Å². The summed E-state index contributed by atoms with van der Waals surface area (Å²) in [6, 6.07) is 0.290. The fourth-order valence-corrected chi connectivity index (χ4v) is 1.06. The number of likely N-dealkylation sites (N-methyl/N-ethyl adjacent to an activating group) is 1. The molecule has 11 heavy (non-hydrogen) atoms. The van der Waals surface area contributed by atoms with Crippen LogP contribution >= 0.6 is 0 Å². The third-order valence-corrected chi connectivity index (χ3v) is 1.98. The molecule has 62 valence electrons. The Balaban J connectivity index is 2.63. The number of rotatable bonds is 1. The molecule has 3 nitrogen and oxygen atoms in total. The van der Waals surface area contributed by atoms with E-state index in [1.807, 2.05) is 7.05 Å². The molecule has 0 N–H and O–H groups in total. The average Bonchev–Trinajstić information content (AvgIpc) is 1.94. The summed E-state index contributed by atoms with van der Waals surface area (Å²) in [4.78, 5) is 16.8. The molecule has 0 radical (unpaired) electrons. The van der Waals surface area contributed by atoms with Crippen LogP contribution in [0.2, 0.25) is 0 Å².